The highest BCUT2D eigenvalue weighted by atomic mass is 32.1. The zero-order valence-electron chi connectivity index (χ0n) is 10.7. The highest BCUT2D eigenvalue weighted by Gasteiger charge is 2.34. The normalized spacial score (nSPS) is 19.2. The minimum absolute atomic E-state index is 0.0550. The van der Waals surface area contributed by atoms with E-state index in [9.17, 15) is 9.59 Å². The van der Waals surface area contributed by atoms with Gasteiger partial charge in [0.2, 0.25) is 5.91 Å². The predicted molar refractivity (Wildman–Crippen MR) is 70.8 cm³/mol. The third-order valence-electron chi connectivity index (χ3n) is 2.88. The fourth-order valence-corrected chi connectivity index (χ4v) is 2.92. The van der Waals surface area contributed by atoms with Crippen LogP contribution >= 0.6 is 11.3 Å². The lowest BCUT2D eigenvalue weighted by Crippen LogP contribution is -2.32. The van der Waals surface area contributed by atoms with Crippen molar-refractivity contribution in [3.63, 3.8) is 0 Å². The number of nitrogens with two attached hydrogens (primary N) is 1. The molecule has 98 valence electrons. The predicted octanol–water partition coefficient (Wildman–Crippen LogP) is 1.58. The van der Waals surface area contributed by atoms with E-state index in [0.717, 1.165) is 12.1 Å². The molecular formula is C12H17N3O2S. The molecule has 3 N–H and O–H groups in total. The number of anilines is 1. The highest BCUT2D eigenvalue weighted by Crippen LogP contribution is 2.38. The van der Waals surface area contributed by atoms with Gasteiger partial charge in [-0.3, -0.25) is 9.59 Å². The van der Waals surface area contributed by atoms with Crippen molar-refractivity contribution in [2.75, 3.05) is 5.32 Å². The second kappa shape index (κ2) is 4.44. The van der Waals surface area contributed by atoms with Gasteiger partial charge in [-0.1, -0.05) is 25.2 Å². The minimum atomic E-state index is -0.585. The Bertz CT molecular complexity index is 505. The van der Waals surface area contributed by atoms with Crippen molar-refractivity contribution in [2.45, 2.75) is 39.7 Å². The van der Waals surface area contributed by atoms with E-state index in [-0.39, 0.29) is 17.1 Å². The van der Waals surface area contributed by atoms with Crippen LogP contribution < -0.4 is 11.1 Å². The second-order valence-electron chi connectivity index (χ2n) is 5.51. The van der Waals surface area contributed by atoms with Crippen LogP contribution in [0.5, 0.6) is 0 Å². The molecule has 0 saturated heterocycles. The van der Waals surface area contributed by atoms with Gasteiger partial charge in [0, 0.05) is 6.42 Å². The van der Waals surface area contributed by atoms with Gasteiger partial charge in [0.25, 0.3) is 0 Å². The van der Waals surface area contributed by atoms with Gasteiger partial charge < -0.3 is 11.1 Å². The fourth-order valence-electron chi connectivity index (χ4n) is 1.99. The Kier molecular flexibility index (Phi) is 3.25. The smallest absolute Gasteiger partial charge is 0.242 e. The lowest BCUT2D eigenvalue weighted by molar-refractivity contribution is -0.117. The van der Waals surface area contributed by atoms with Crippen molar-refractivity contribution in [1.82, 2.24) is 4.98 Å². The number of thiazole rings is 1. The largest absolute Gasteiger partial charge is 0.320 e. The van der Waals surface area contributed by atoms with Gasteiger partial charge in [-0.05, 0) is 18.8 Å². The average Bonchev–Trinajstić information content (AvgIpc) is 2.58. The molecule has 1 atom stereocenters. The summed E-state index contributed by atoms with van der Waals surface area (Å²) in [4.78, 5) is 28.5. The second-order valence-corrected chi connectivity index (χ2v) is 6.51. The summed E-state index contributed by atoms with van der Waals surface area (Å²) in [6, 6.07) is -0.585. The van der Waals surface area contributed by atoms with Crippen LogP contribution in [0.25, 0.3) is 0 Å². The first-order valence-corrected chi connectivity index (χ1v) is 6.69. The molecule has 1 amide bonds. The van der Waals surface area contributed by atoms with Crippen molar-refractivity contribution in [3.8, 4) is 0 Å². The molecule has 1 aliphatic rings. The number of rotatable bonds is 2. The molecule has 1 aromatic heterocycles. The number of Topliss-reactive ketones (excluding diaryl/α,β-unsaturated/α-hetero) is 1. The van der Waals surface area contributed by atoms with Crippen molar-refractivity contribution in [1.29, 1.82) is 0 Å². The lowest BCUT2D eigenvalue weighted by Gasteiger charge is -2.26. The monoisotopic (exact) mass is 267 g/mol. The molecule has 0 bridgehead atoms. The molecular weight excluding hydrogens is 250 g/mol. The van der Waals surface area contributed by atoms with Gasteiger partial charge >= 0.3 is 0 Å². The number of carbonyl (C=O) groups excluding carboxylic acids is 2. The summed E-state index contributed by atoms with van der Waals surface area (Å²) < 4.78 is 0. The first-order valence-electron chi connectivity index (χ1n) is 5.88. The third-order valence-corrected chi connectivity index (χ3v) is 3.93. The molecule has 0 radical (unpaired) electrons. The Morgan fingerprint density at radius 3 is 2.78 bits per heavy atom. The van der Waals surface area contributed by atoms with Crippen molar-refractivity contribution in [3.05, 3.63) is 10.6 Å². The molecule has 0 aromatic carbocycles. The molecule has 1 aromatic rings. The summed E-state index contributed by atoms with van der Waals surface area (Å²) in [5, 5.41) is 3.10. The zero-order valence-corrected chi connectivity index (χ0v) is 11.6. The number of aromatic nitrogens is 1. The Hall–Kier alpha value is -1.27. The molecule has 0 unspecified atom stereocenters. The molecule has 5 nitrogen and oxygen atoms in total. The number of ketones is 1. The molecule has 2 rings (SSSR count). The van der Waals surface area contributed by atoms with E-state index in [4.69, 9.17) is 5.73 Å². The third kappa shape index (κ3) is 2.59. The maximum absolute atomic E-state index is 12.0. The molecule has 0 aliphatic heterocycles. The van der Waals surface area contributed by atoms with Crippen LogP contribution in [0.3, 0.4) is 0 Å². The Balaban J connectivity index is 2.24. The van der Waals surface area contributed by atoms with E-state index in [0.29, 0.717) is 16.4 Å². The molecule has 1 heterocycles. The van der Waals surface area contributed by atoms with Crippen molar-refractivity contribution < 1.29 is 9.59 Å². The van der Waals surface area contributed by atoms with Crippen molar-refractivity contribution >= 4 is 28.2 Å². The Morgan fingerprint density at radius 1 is 1.50 bits per heavy atom. The number of amides is 1. The molecule has 0 spiro atoms. The first-order chi connectivity index (χ1) is 8.28. The molecule has 6 heteroatoms. The number of hydrogen-bond acceptors (Lipinski definition) is 5. The summed E-state index contributed by atoms with van der Waals surface area (Å²) >= 11 is 1.24. The number of hydrogen-bond donors (Lipinski definition) is 2. The van der Waals surface area contributed by atoms with Crippen LogP contribution in [0, 0.1) is 5.41 Å². The fraction of sp³-hybridized carbons (Fsp3) is 0.583. The summed E-state index contributed by atoms with van der Waals surface area (Å²) in [5.74, 6) is -0.173. The quantitative estimate of drug-likeness (QED) is 0.852. The lowest BCUT2D eigenvalue weighted by atomic mass is 9.78. The summed E-state index contributed by atoms with van der Waals surface area (Å²) in [5.41, 5.74) is 6.21. The Labute approximate surface area is 110 Å². The SMILES string of the molecule is C[C@H](N)C(=O)Nc1nc2c(s1)C(=O)CC(C)(C)C2. The van der Waals surface area contributed by atoms with Gasteiger partial charge in [0.05, 0.1) is 16.6 Å². The minimum Gasteiger partial charge on any atom is -0.320 e. The topological polar surface area (TPSA) is 85.1 Å². The molecule has 0 fully saturated rings. The summed E-state index contributed by atoms with van der Waals surface area (Å²) in [6.07, 6.45) is 1.29. The molecule has 18 heavy (non-hydrogen) atoms. The van der Waals surface area contributed by atoms with Crippen LogP contribution in [-0.2, 0) is 11.2 Å². The van der Waals surface area contributed by atoms with Gasteiger partial charge in [0.15, 0.2) is 10.9 Å². The van der Waals surface area contributed by atoms with Crippen LogP contribution in [0.15, 0.2) is 0 Å². The maximum atomic E-state index is 12.0. The zero-order chi connectivity index (χ0) is 13.5. The van der Waals surface area contributed by atoms with E-state index < -0.39 is 6.04 Å². The van der Waals surface area contributed by atoms with Crippen LogP contribution in [0.2, 0.25) is 0 Å². The number of carbonyl (C=O) groups is 2. The number of nitrogens with zero attached hydrogens (tertiary/aromatic N) is 1. The van der Waals surface area contributed by atoms with Crippen LogP contribution in [0.1, 0.15) is 42.6 Å². The average molecular weight is 267 g/mol. The van der Waals surface area contributed by atoms with Crippen LogP contribution in [-0.4, -0.2) is 22.7 Å². The standard InChI is InChI=1S/C12H17N3O2S/c1-6(13)10(17)15-11-14-7-4-12(2,3)5-8(16)9(7)18-11/h6H,4-5,13H2,1-3H3,(H,14,15,17)/t6-/m0/s1. The number of nitrogens with one attached hydrogen (secondary N) is 1. The number of fused-ring (bicyclic) bond motifs is 1. The van der Waals surface area contributed by atoms with E-state index >= 15 is 0 Å². The van der Waals surface area contributed by atoms with Gasteiger partial charge in [0.1, 0.15) is 0 Å². The molecule has 0 saturated carbocycles. The first kappa shape index (κ1) is 13.2. The molecule has 1 aliphatic carbocycles. The van der Waals surface area contributed by atoms with Crippen LogP contribution in [0.4, 0.5) is 5.13 Å². The summed E-state index contributed by atoms with van der Waals surface area (Å²) in [7, 11) is 0. The van der Waals surface area contributed by atoms with Gasteiger partial charge in [-0.25, -0.2) is 4.98 Å². The van der Waals surface area contributed by atoms with E-state index in [1.807, 2.05) is 13.8 Å². The van der Waals surface area contributed by atoms with Gasteiger partial charge in [-0.15, -0.1) is 0 Å². The van der Waals surface area contributed by atoms with E-state index in [1.165, 1.54) is 11.3 Å². The van der Waals surface area contributed by atoms with Gasteiger partial charge in [-0.2, -0.15) is 0 Å². The highest BCUT2D eigenvalue weighted by molar-refractivity contribution is 7.17. The van der Waals surface area contributed by atoms with E-state index in [2.05, 4.69) is 10.3 Å². The van der Waals surface area contributed by atoms with E-state index in [1.54, 1.807) is 6.92 Å². The van der Waals surface area contributed by atoms with Crippen molar-refractivity contribution in [2.24, 2.45) is 11.1 Å². The Morgan fingerprint density at radius 2 is 2.17 bits per heavy atom. The maximum Gasteiger partial charge on any atom is 0.242 e. The summed E-state index contributed by atoms with van der Waals surface area (Å²) in [6.45, 7) is 5.71.